The van der Waals surface area contributed by atoms with Gasteiger partial charge in [0.05, 0.1) is 13.2 Å². The van der Waals surface area contributed by atoms with Gasteiger partial charge in [-0.15, -0.1) is 0 Å². The zero-order valence-corrected chi connectivity index (χ0v) is 7.22. The first-order valence-corrected chi connectivity index (χ1v) is 3.97. The summed E-state index contributed by atoms with van der Waals surface area (Å²) in [6, 6.07) is 0. The Bertz CT molecular complexity index is 167. The van der Waals surface area contributed by atoms with Crippen LogP contribution in [0.5, 0.6) is 0 Å². The van der Waals surface area contributed by atoms with Gasteiger partial charge in [0.1, 0.15) is 0 Å². The van der Waals surface area contributed by atoms with Gasteiger partial charge in [0.2, 0.25) is 0 Å². The van der Waals surface area contributed by atoms with Crippen LogP contribution in [0.25, 0.3) is 0 Å². The van der Waals surface area contributed by atoms with E-state index in [1.807, 2.05) is 13.8 Å². The van der Waals surface area contributed by atoms with Crippen molar-refractivity contribution >= 4 is 5.97 Å². The van der Waals surface area contributed by atoms with Gasteiger partial charge in [0.25, 0.3) is 0 Å². The van der Waals surface area contributed by atoms with E-state index in [0.29, 0.717) is 6.42 Å². The second-order valence-electron chi connectivity index (χ2n) is 2.75. The standard InChI is InChI=1S/C8H14O3/c1-4-6-8(5-2,11-6)7(9)10-3/h6H,4-5H2,1-3H3. The van der Waals surface area contributed by atoms with Gasteiger partial charge in [-0.1, -0.05) is 13.8 Å². The molecule has 1 rings (SSSR count). The summed E-state index contributed by atoms with van der Waals surface area (Å²) in [5.74, 6) is -0.230. The molecule has 3 nitrogen and oxygen atoms in total. The highest BCUT2D eigenvalue weighted by atomic mass is 16.7. The number of carbonyl (C=O) groups is 1. The third-order valence-electron chi connectivity index (χ3n) is 2.24. The Morgan fingerprint density at radius 3 is 2.55 bits per heavy atom. The van der Waals surface area contributed by atoms with Crippen molar-refractivity contribution in [2.45, 2.75) is 38.4 Å². The highest BCUT2D eigenvalue weighted by molar-refractivity contribution is 5.83. The first-order chi connectivity index (χ1) is 5.21. The van der Waals surface area contributed by atoms with Gasteiger partial charge >= 0.3 is 5.97 Å². The Hall–Kier alpha value is -0.570. The predicted molar refractivity (Wildman–Crippen MR) is 40.2 cm³/mol. The summed E-state index contributed by atoms with van der Waals surface area (Å²) >= 11 is 0. The van der Waals surface area contributed by atoms with E-state index in [2.05, 4.69) is 4.74 Å². The quantitative estimate of drug-likeness (QED) is 0.456. The molecule has 1 heterocycles. The molecular formula is C8H14O3. The van der Waals surface area contributed by atoms with Gasteiger partial charge in [0, 0.05) is 0 Å². The predicted octanol–water partition coefficient (Wildman–Crippen LogP) is 1.12. The van der Waals surface area contributed by atoms with Crippen LogP contribution >= 0.6 is 0 Å². The third kappa shape index (κ3) is 1.13. The SMILES string of the molecule is CCC1OC1(CC)C(=O)OC. The molecule has 0 aromatic carbocycles. The number of ether oxygens (including phenoxy) is 2. The average molecular weight is 158 g/mol. The number of carbonyl (C=O) groups excluding carboxylic acids is 1. The minimum absolute atomic E-state index is 0.0833. The molecule has 1 saturated heterocycles. The number of hydrogen-bond acceptors (Lipinski definition) is 3. The fourth-order valence-electron chi connectivity index (χ4n) is 1.44. The maximum atomic E-state index is 11.1. The molecule has 1 fully saturated rings. The van der Waals surface area contributed by atoms with E-state index in [9.17, 15) is 4.79 Å². The van der Waals surface area contributed by atoms with Crippen molar-refractivity contribution in [2.24, 2.45) is 0 Å². The highest BCUT2D eigenvalue weighted by Crippen LogP contribution is 2.42. The Morgan fingerprint density at radius 1 is 1.64 bits per heavy atom. The minimum atomic E-state index is -0.594. The van der Waals surface area contributed by atoms with Crippen molar-refractivity contribution in [3.63, 3.8) is 0 Å². The highest BCUT2D eigenvalue weighted by Gasteiger charge is 2.61. The third-order valence-corrected chi connectivity index (χ3v) is 2.24. The fraction of sp³-hybridized carbons (Fsp3) is 0.875. The smallest absolute Gasteiger partial charge is 0.340 e. The molecule has 0 amide bonds. The lowest BCUT2D eigenvalue weighted by Gasteiger charge is -2.05. The number of esters is 1. The van der Waals surface area contributed by atoms with Gasteiger partial charge in [-0.2, -0.15) is 0 Å². The molecular weight excluding hydrogens is 144 g/mol. The topological polar surface area (TPSA) is 38.8 Å². The van der Waals surface area contributed by atoms with Crippen molar-refractivity contribution in [2.75, 3.05) is 7.11 Å². The summed E-state index contributed by atoms with van der Waals surface area (Å²) in [7, 11) is 1.40. The largest absolute Gasteiger partial charge is 0.467 e. The Balaban J connectivity index is 2.59. The van der Waals surface area contributed by atoms with E-state index in [4.69, 9.17) is 4.74 Å². The molecule has 0 aliphatic carbocycles. The van der Waals surface area contributed by atoms with Crippen LogP contribution in [0.2, 0.25) is 0 Å². The molecule has 11 heavy (non-hydrogen) atoms. The molecule has 0 aromatic heterocycles. The number of methoxy groups -OCH3 is 1. The monoisotopic (exact) mass is 158 g/mol. The summed E-state index contributed by atoms with van der Waals surface area (Å²) in [6.45, 7) is 3.94. The zero-order chi connectivity index (χ0) is 8.48. The molecule has 0 N–H and O–H groups in total. The lowest BCUT2D eigenvalue weighted by atomic mass is 10.0. The molecule has 0 saturated carbocycles. The summed E-state index contributed by atoms with van der Waals surface area (Å²) in [5.41, 5.74) is -0.594. The second-order valence-corrected chi connectivity index (χ2v) is 2.75. The average Bonchev–Trinajstić information content (AvgIpc) is 2.78. The molecule has 64 valence electrons. The molecule has 0 aromatic rings. The van der Waals surface area contributed by atoms with Crippen LogP contribution in [0.1, 0.15) is 26.7 Å². The van der Waals surface area contributed by atoms with Crippen LogP contribution in [0.3, 0.4) is 0 Å². The van der Waals surface area contributed by atoms with Crippen LogP contribution in [0.15, 0.2) is 0 Å². The van der Waals surface area contributed by atoms with Crippen molar-refractivity contribution in [1.82, 2.24) is 0 Å². The van der Waals surface area contributed by atoms with Crippen molar-refractivity contribution < 1.29 is 14.3 Å². The number of epoxide rings is 1. The van der Waals surface area contributed by atoms with Gasteiger partial charge in [0.15, 0.2) is 5.60 Å². The molecule has 0 spiro atoms. The van der Waals surface area contributed by atoms with E-state index < -0.39 is 5.60 Å². The maximum Gasteiger partial charge on any atom is 0.340 e. The Kier molecular flexibility index (Phi) is 2.18. The Morgan fingerprint density at radius 2 is 2.27 bits per heavy atom. The van der Waals surface area contributed by atoms with E-state index >= 15 is 0 Å². The molecule has 3 heteroatoms. The Labute approximate surface area is 66.7 Å². The number of rotatable bonds is 3. The molecule has 0 radical (unpaired) electrons. The summed E-state index contributed by atoms with van der Waals surface area (Å²) in [5, 5.41) is 0. The zero-order valence-electron chi connectivity index (χ0n) is 7.22. The molecule has 0 bridgehead atoms. The van der Waals surface area contributed by atoms with E-state index in [0.717, 1.165) is 6.42 Å². The summed E-state index contributed by atoms with van der Waals surface area (Å²) in [6.07, 6.45) is 1.67. The van der Waals surface area contributed by atoms with Crippen LogP contribution in [0, 0.1) is 0 Å². The van der Waals surface area contributed by atoms with Crippen molar-refractivity contribution in [3.8, 4) is 0 Å². The number of hydrogen-bond donors (Lipinski definition) is 0. The van der Waals surface area contributed by atoms with Crippen molar-refractivity contribution in [3.05, 3.63) is 0 Å². The van der Waals surface area contributed by atoms with Gasteiger partial charge in [-0.3, -0.25) is 0 Å². The van der Waals surface area contributed by atoms with Crippen molar-refractivity contribution in [1.29, 1.82) is 0 Å². The lowest BCUT2D eigenvalue weighted by Crippen LogP contribution is -2.27. The minimum Gasteiger partial charge on any atom is -0.467 e. The molecule has 1 aliphatic rings. The summed E-state index contributed by atoms with van der Waals surface area (Å²) < 4.78 is 9.92. The van der Waals surface area contributed by atoms with Gasteiger partial charge in [-0.25, -0.2) is 4.79 Å². The van der Waals surface area contributed by atoms with Crippen LogP contribution < -0.4 is 0 Å². The van der Waals surface area contributed by atoms with Gasteiger partial charge < -0.3 is 9.47 Å². The first kappa shape index (κ1) is 8.53. The molecule has 1 aliphatic heterocycles. The van der Waals surface area contributed by atoms with Gasteiger partial charge in [-0.05, 0) is 12.8 Å². The molecule has 2 atom stereocenters. The normalized spacial score (nSPS) is 35.0. The first-order valence-electron chi connectivity index (χ1n) is 3.97. The lowest BCUT2D eigenvalue weighted by molar-refractivity contribution is -0.147. The molecule has 2 unspecified atom stereocenters. The fourth-order valence-corrected chi connectivity index (χ4v) is 1.44. The van der Waals surface area contributed by atoms with Crippen LogP contribution in [-0.2, 0) is 14.3 Å². The second kappa shape index (κ2) is 2.81. The van der Waals surface area contributed by atoms with Crippen LogP contribution in [0.4, 0.5) is 0 Å². The summed E-state index contributed by atoms with van der Waals surface area (Å²) in [4.78, 5) is 11.1. The van der Waals surface area contributed by atoms with E-state index in [1.54, 1.807) is 0 Å². The van der Waals surface area contributed by atoms with Crippen LogP contribution in [-0.4, -0.2) is 24.8 Å². The van der Waals surface area contributed by atoms with E-state index in [-0.39, 0.29) is 12.1 Å². The van der Waals surface area contributed by atoms with E-state index in [1.165, 1.54) is 7.11 Å². The maximum absolute atomic E-state index is 11.1.